The van der Waals surface area contributed by atoms with E-state index >= 15 is 0 Å². The lowest BCUT2D eigenvalue weighted by Crippen LogP contribution is -2.19. The molecule has 0 fully saturated rings. The van der Waals surface area contributed by atoms with Crippen LogP contribution in [0.1, 0.15) is 30.2 Å². The summed E-state index contributed by atoms with van der Waals surface area (Å²) in [7, 11) is 0. The van der Waals surface area contributed by atoms with E-state index in [1.807, 2.05) is 24.3 Å². The normalized spacial score (nSPS) is 12.5. The highest BCUT2D eigenvalue weighted by Crippen LogP contribution is 2.16. The molecule has 1 aromatic carbocycles. The summed E-state index contributed by atoms with van der Waals surface area (Å²) in [6, 6.07) is 8.15. The van der Waals surface area contributed by atoms with Crippen molar-refractivity contribution < 1.29 is 4.52 Å². The number of aromatic nitrogens is 6. The Balaban J connectivity index is 1.69. The molecule has 0 aliphatic heterocycles. The summed E-state index contributed by atoms with van der Waals surface area (Å²) < 4.78 is 6.57. The molecule has 2 heterocycles. The quantitative estimate of drug-likeness (QED) is 0.752. The van der Waals surface area contributed by atoms with Crippen molar-refractivity contribution in [3.63, 3.8) is 0 Å². The van der Waals surface area contributed by atoms with Crippen LogP contribution in [0.25, 0.3) is 5.69 Å². The topological polar surface area (TPSA) is 94.6 Å². The number of benzene rings is 1. The maximum atomic E-state index is 4.94. The number of hydrogen-bond donors (Lipinski definition) is 1. The Morgan fingerprint density at radius 2 is 2.29 bits per heavy atom. The number of hydrogen-bond acceptors (Lipinski definition) is 7. The molecule has 0 amide bonds. The summed E-state index contributed by atoms with van der Waals surface area (Å²) in [5, 5.41) is 18.4. The molecule has 1 N–H and O–H groups in total. The van der Waals surface area contributed by atoms with Crippen molar-refractivity contribution in [2.75, 3.05) is 0 Å². The van der Waals surface area contributed by atoms with Gasteiger partial charge in [0.2, 0.25) is 5.89 Å². The predicted octanol–water partition coefficient (Wildman–Crippen LogP) is 1.20. The Kier molecular flexibility index (Phi) is 3.69. The summed E-state index contributed by atoms with van der Waals surface area (Å²) in [6.45, 7) is 4.40. The Hall–Kier alpha value is -2.61. The maximum absolute atomic E-state index is 4.94. The van der Waals surface area contributed by atoms with Gasteiger partial charge in [0.25, 0.3) is 0 Å². The van der Waals surface area contributed by atoms with E-state index in [0.717, 1.165) is 11.3 Å². The second kappa shape index (κ2) is 5.80. The van der Waals surface area contributed by atoms with Crippen LogP contribution in [-0.2, 0) is 6.54 Å². The van der Waals surface area contributed by atoms with Crippen LogP contribution < -0.4 is 5.32 Å². The molecule has 8 heteroatoms. The molecule has 3 aromatic rings. The molecule has 0 saturated heterocycles. The first-order chi connectivity index (χ1) is 10.2. The largest absolute Gasteiger partial charge is 0.340 e. The molecule has 0 aliphatic rings. The van der Waals surface area contributed by atoms with Gasteiger partial charge < -0.3 is 9.84 Å². The Morgan fingerprint density at radius 3 is 3.00 bits per heavy atom. The molecule has 3 rings (SSSR count). The van der Waals surface area contributed by atoms with Gasteiger partial charge in [0.15, 0.2) is 5.82 Å². The molecule has 108 valence electrons. The molecule has 21 heavy (non-hydrogen) atoms. The minimum atomic E-state index is 0.139. The predicted molar refractivity (Wildman–Crippen MR) is 73.4 cm³/mol. The molecule has 0 aliphatic carbocycles. The second-order valence-electron chi connectivity index (χ2n) is 4.68. The van der Waals surface area contributed by atoms with Gasteiger partial charge in [-0.1, -0.05) is 17.3 Å². The highest BCUT2D eigenvalue weighted by atomic mass is 16.5. The molecule has 0 spiro atoms. The Bertz CT molecular complexity index is 707. The van der Waals surface area contributed by atoms with E-state index in [2.05, 4.69) is 37.9 Å². The molecular weight excluding hydrogens is 270 g/mol. The lowest BCUT2D eigenvalue weighted by molar-refractivity contribution is 0.384. The van der Waals surface area contributed by atoms with Gasteiger partial charge in [-0.2, -0.15) is 4.98 Å². The lowest BCUT2D eigenvalue weighted by Gasteiger charge is -2.13. The summed E-state index contributed by atoms with van der Waals surface area (Å²) in [4.78, 5) is 4.16. The van der Waals surface area contributed by atoms with Gasteiger partial charge in [-0.25, -0.2) is 4.68 Å². The minimum absolute atomic E-state index is 0.139. The first-order valence-corrected chi connectivity index (χ1v) is 6.58. The van der Waals surface area contributed by atoms with E-state index in [9.17, 15) is 0 Å². The molecule has 0 bridgehead atoms. The van der Waals surface area contributed by atoms with E-state index in [0.29, 0.717) is 18.3 Å². The Labute approximate surface area is 121 Å². The van der Waals surface area contributed by atoms with Gasteiger partial charge >= 0.3 is 0 Å². The van der Waals surface area contributed by atoms with Gasteiger partial charge in [0, 0.05) is 13.0 Å². The van der Waals surface area contributed by atoms with Crippen molar-refractivity contribution in [2.45, 2.75) is 26.4 Å². The lowest BCUT2D eigenvalue weighted by atomic mass is 10.1. The third kappa shape index (κ3) is 3.11. The van der Waals surface area contributed by atoms with Crippen LogP contribution in [0.5, 0.6) is 0 Å². The van der Waals surface area contributed by atoms with Gasteiger partial charge in [-0.05, 0) is 35.0 Å². The third-order valence-electron chi connectivity index (χ3n) is 3.12. The number of rotatable bonds is 5. The summed E-state index contributed by atoms with van der Waals surface area (Å²) in [5.74, 6) is 1.22. The second-order valence-corrected chi connectivity index (χ2v) is 4.68. The van der Waals surface area contributed by atoms with Crippen LogP contribution in [0.15, 0.2) is 35.1 Å². The van der Waals surface area contributed by atoms with Crippen LogP contribution in [-0.4, -0.2) is 30.3 Å². The van der Waals surface area contributed by atoms with Crippen molar-refractivity contribution in [1.29, 1.82) is 0 Å². The first-order valence-electron chi connectivity index (χ1n) is 6.58. The molecule has 1 unspecified atom stereocenters. The molecule has 0 saturated carbocycles. The molecule has 1 atom stereocenters. The van der Waals surface area contributed by atoms with Crippen molar-refractivity contribution >= 4 is 0 Å². The van der Waals surface area contributed by atoms with Crippen LogP contribution >= 0.6 is 0 Å². The highest BCUT2D eigenvalue weighted by Gasteiger charge is 2.09. The fraction of sp³-hybridized carbons (Fsp3) is 0.308. The maximum Gasteiger partial charge on any atom is 0.223 e. The fourth-order valence-corrected chi connectivity index (χ4v) is 1.99. The van der Waals surface area contributed by atoms with Crippen molar-refractivity contribution in [3.8, 4) is 5.69 Å². The number of nitrogens with zero attached hydrogens (tertiary/aromatic N) is 6. The minimum Gasteiger partial charge on any atom is -0.340 e. The van der Waals surface area contributed by atoms with Crippen molar-refractivity contribution in [1.82, 2.24) is 35.7 Å². The van der Waals surface area contributed by atoms with Gasteiger partial charge in [0.1, 0.15) is 6.33 Å². The van der Waals surface area contributed by atoms with Crippen molar-refractivity contribution in [2.24, 2.45) is 0 Å². The zero-order chi connectivity index (χ0) is 14.7. The number of tetrazole rings is 1. The van der Waals surface area contributed by atoms with E-state index in [1.165, 1.54) is 0 Å². The highest BCUT2D eigenvalue weighted by molar-refractivity contribution is 5.35. The average molecular weight is 285 g/mol. The van der Waals surface area contributed by atoms with Gasteiger partial charge in [-0.15, -0.1) is 5.10 Å². The van der Waals surface area contributed by atoms with Gasteiger partial charge in [0.05, 0.1) is 12.2 Å². The van der Waals surface area contributed by atoms with E-state index < -0.39 is 0 Å². The molecular formula is C13H15N7O. The van der Waals surface area contributed by atoms with E-state index in [1.54, 1.807) is 17.9 Å². The average Bonchev–Trinajstić information content (AvgIpc) is 3.16. The first kappa shape index (κ1) is 13.4. The van der Waals surface area contributed by atoms with Gasteiger partial charge in [-0.3, -0.25) is 0 Å². The monoisotopic (exact) mass is 285 g/mol. The SMILES string of the molecule is Cc1nc(CNC(C)c2cccc(-n3cnnn3)c2)no1. The zero-order valence-corrected chi connectivity index (χ0v) is 11.8. The summed E-state index contributed by atoms with van der Waals surface area (Å²) in [6.07, 6.45) is 1.57. The smallest absolute Gasteiger partial charge is 0.223 e. The zero-order valence-electron chi connectivity index (χ0n) is 11.8. The van der Waals surface area contributed by atoms with Crippen LogP contribution in [0.4, 0.5) is 0 Å². The van der Waals surface area contributed by atoms with Crippen LogP contribution in [0, 0.1) is 6.92 Å². The van der Waals surface area contributed by atoms with Crippen LogP contribution in [0.2, 0.25) is 0 Å². The fourth-order valence-electron chi connectivity index (χ4n) is 1.99. The standard InChI is InChI=1S/C13H15N7O/c1-9(14-7-13-16-10(2)21-17-13)11-4-3-5-12(6-11)20-8-15-18-19-20/h3-6,8-9,14H,7H2,1-2H3. The summed E-state index contributed by atoms with van der Waals surface area (Å²) >= 11 is 0. The molecule has 0 radical (unpaired) electrons. The Morgan fingerprint density at radius 1 is 1.38 bits per heavy atom. The van der Waals surface area contributed by atoms with E-state index in [4.69, 9.17) is 4.52 Å². The summed E-state index contributed by atoms with van der Waals surface area (Å²) in [5.41, 5.74) is 2.05. The third-order valence-corrected chi connectivity index (χ3v) is 3.12. The molecule has 2 aromatic heterocycles. The molecule has 8 nitrogen and oxygen atoms in total. The number of nitrogens with one attached hydrogen (secondary N) is 1. The van der Waals surface area contributed by atoms with E-state index in [-0.39, 0.29) is 6.04 Å². The number of aryl methyl sites for hydroxylation is 1. The van der Waals surface area contributed by atoms with Crippen LogP contribution in [0.3, 0.4) is 0 Å². The van der Waals surface area contributed by atoms with Crippen molar-refractivity contribution in [3.05, 3.63) is 47.9 Å².